The largest absolute Gasteiger partial charge is 0.317 e. The molecule has 0 aliphatic heterocycles. The van der Waals surface area contributed by atoms with Crippen LogP contribution >= 0.6 is 0 Å². The van der Waals surface area contributed by atoms with Crippen molar-refractivity contribution in [1.29, 1.82) is 0 Å². The van der Waals surface area contributed by atoms with E-state index in [0.29, 0.717) is 0 Å². The zero-order valence-electron chi connectivity index (χ0n) is 9.06. The molecule has 0 saturated heterocycles. The number of hydrogen-bond acceptors (Lipinski definition) is 2. The maximum Gasteiger partial charge on any atom is 0.00642 e. The molecule has 2 nitrogen and oxygen atoms in total. The van der Waals surface area contributed by atoms with Crippen LogP contribution in [0.5, 0.6) is 0 Å². The molecule has 0 aromatic heterocycles. The van der Waals surface area contributed by atoms with Gasteiger partial charge in [-0.25, -0.2) is 0 Å². The van der Waals surface area contributed by atoms with Gasteiger partial charge < -0.3 is 10.2 Å². The molecule has 0 saturated carbocycles. The molecule has 74 valence electrons. The van der Waals surface area contributed by atoms with Crippen LogP contribution in [-0.4, -0.2) is 37.6 Å². The highest BCUT2D eigenvalue weighted by Gasteiger charge is 2.05. The summed E-state index contributed by atoms with van der Waals surface area (Å²) >= 11 is 0. The maximum atomic E-state index is 3.34. The van der Waals surface area contributed by atoms with Crippen molar-refractivity contribution in [2.75, 3.05) is 26.7 Å². The van der Waals surface area contributed by atoms with Crippen LogP contribution in [0.4, 0.5) is 0 Å². The van der Waals surface area contributed by atoms with E-state index >= 15 is 0 Å². The first-order valence-electron chi connectivity index (χ1n) is 5.13. The Morgan fingerprint density at radius 3 is 2.50 bits per heavy atom. The average Bonchev–Trinajstić information content (AvgIpc) is 2.10. The SMILES string of the molecule is CCNCCCC(C)N(C)CC. The summed E-state index contributed by atoms with van der Waals surface area (Å²) in [6.07, 6.45) is 2.59. The Morgan fingerprint density at radius 1 is 1.33 bits per heavy atom. The Labute approximate surface area is 77.3 Å². The summed E-state index contributed by atoms with van der Waals surface area (Å²) in [5, 5.41) is 3.34. The monoisotopic (exact) mass is 172 g/mol. The Morgan fingerprint density at radius 2 is 2.00 bits per heavy atom. The highest BCUT2D eigenvalue weighted by Crippen LogP contribution is 2.02. The van der Waals surface area contributed by atoms with Gasteiger partial charge in [-0.2, -0.15) is 0 Å². The Bertz CT molecular complexity index is 93.8. The molecule has 0 rings (SSSR count). The maximum absolute atomic E-state index is 3.34. The molecule has 0 radical (unpaired) electrons. The molecule has 0 aromatic rings. The lowest BCUT2D eigenvalue weighted by Gasteiger charge is -2.22. The first-order chi connectivity index (χ1) is 5.72. The molecule has 0 amide bonds. The standard InChI is InChI=1S/C10H24N2/c1-5-11-9-7-8-10(3)12(4)6-2/h10-11H,5-9H2,1-4H3. The van der Waals surface area contributed by atoms with E-state index in [9.17, 15) is 0 Å². The van der Waals surface area contributed by atoms with E-state index in [1.165, 1.54) is 19.4 Å². The van der Waals surface area contributed by atoms with Crippen molar-refractivity contribution in [2.45, 2.75) is 39.7 Å². The lowest BCUT2D eigenvalue weighted by molar-refractivity contribution is 0.254. The second kappa shape index (κ2) is 7.56. The molecule has 2 heteroatoms. The van der Waals surface area contributed by atoms with E-state index in [2.05, 4.69) is 38.0 Å². The molecular formula is C10H24N2. The second-order valence-corrected chi connectivity index (χ2v) is 3.42. The minimum atomic E-state index is 0.730. The Kier molecular flexibility index (Phi) is 7.51. The van der Waals surface area contributed by atoms with E-state index in [4.69, 9.17) is 0 Å². The quantitative estimate of drug-likeness (QED) is 0.588. The molecule has 0 heterocycles. The lowest BCUT2D eigenvalue weighted by Crippen LogP contribution is -2.29. The zero-order valence-corrected chi connectivity index (χ0v) is 9.06. The molecule has 0 bridgehead atoms. The molecule has 12 heavy (non-hydrogen) atoms. The van der Waals surface area contributed by atoms with Crippen molar-refractivity contribution < 1.29 is 0 Å². The predicted molar refractivity (Wildman–Crippen MR) is 55.5 cm³/mol. The summed E-state index contributed by atoms with van der Waals surface area (Å²) in [6.45, 7) is 10.1. The molecule has 1 atom stereocenters. The number of nitrogens with zero attached hydrogens (tertiary/aromatic N) is 1. The van der Waals surface area contributed by atoms with Crippen LogP contribution < -0.4 is 5.32 Å². The average molecular weight is 172 g/mol. The normalized spacial score (nSPS) is 13.8. The fourth-order valence-corrected chi connectivity index (χ4v) is 1.23. The molecule has 0 fully saturated rings. The number of rotatable bonds is 7. The van der Waals surface area contributed by atoms with Crippen LogP contribution in [0.2, 0.25) is 0 Å². The van der Waals surface area contributed by atoms with E-state index < -0.39 is 0 Å². The minimum Gasteiger partial charge on any atom is -0.317 e. The molecule has 0 aromatic carbocycles. The predicted octanol–water partition coefficient (Wildman–Crippen LogP) is 1.72. The molecule has 0 aliphatic rings. The summed E-state index contributed by atoms with van der Waals surface area (Å²) in [4.78, 5) is 2.39. The molecule has 0 spiro atoms. The first kappa shape index (κ1) is 11.9. The van der Waals surface area contributed by atoms with Gasteiger partial charge in [0.2, 0.25) is 0 Å². The molecular weight excluding hydrogens is 148 g/mol. The smallest absolute Gasteiger partial charge is 0.00642 e. The highest BCUT2D eigenvalue weighted by molar-refractivity contribution is 4.62. The van der Waals surface area contributed by atoms with E-state index in [0.717, 1.165) is 19.1 Å². The molecule has 1 unspecified atom stereocenters. The van der Waals surface area contributed by atoms with Crippen molar-refractivity contribution >= 4 is 0 Å². The fourth-order valence-electron chi connectivity index (χ4n) is 1.23. The van der Waals surface area contributed by atoms with Gasteiger partial charge in [0.1, 0.15) is 0 Å². The van der Waals surface area contributed by atoms with Crippen molar-refractivity contribution in [3.05, 3.63) is 0 Å². The van der Waals surface area contributed by atoms with Gasteiger partial charge >= 0.3 is 0 Å². The van der Waals surface area contributed by atoms with Gasteiger partial charge in [-0.3, -0.25) is 0 Å². The van der Waals surface area contributed by atoms with Crippen LogP contribution in [-0.2, 0) is 0 Å². The third kappa shape index (κ3) is 5.56. The van der Waals surface area contributed by atoms with Gasteiger partial charge in [0.05, 0.1) is 0 Å². The summed E-state index contributed by atoms with van der Waals surface area (Å²) in [7, 11) is 2.19. The van der Waals surface area contributed by atoms with Gasteiger partial charge in [0.25, 0.3) is 0 Å². The van der Waals surface area contributed by atoms with Crippen LogP contribution in [0.25, 0.3) is 0 Å². The van der Waals surface area contributed by atoms with Crippen molar-refractivity contribution in [2.24, 2.45) is 0 Å². The summed E-state index contributed by atoms with van der Waals surface area (Å²) in [5.41, 5.74) is 0. The van der Waals surface area contributed by atoms with Crippen molar-refractivity contribution in [3.63, 3.8) is 0 Å². The summed E-state index contributed by atoms with van der Waals surface area (Å²) in [6, 6.07) is 0.730. The zero-order chi connectivity index (χ0) is 9.40. The van der Waals surface area contributed by atoms with Crippen LogP contribution in [0.15, 0.2) is 0 Å². The molecule has 1 N–H and O–H groups in total. The highest BCUT2D eigenvalue weighted by atomic mass is 15.1. The molecule has 0 aliphatic carbocycles. The number of hydrogen-bond donors (Lipinski definition) is 1. The van der Waals surface area contributed by atoms with E-state index in [1.54, 1.807) is 0 Å². The van der Waals surface area contributed by atoms with E-state index in [1.807, 2.05) is 0 Å². The second-order valence-electron chi connectivity index (χ2n) is 3.42. The van der Waals surface area contributed by atoms with Gasteiger partial charge in [-0.05, 0) is 46.4 Å². The van der Waals surface area contributed by atoms with Crippen LogP contribution in [0, 0.1) is 0 Å². The fraction of sp³-hybridized carbons (Fsp3) is 1.00. The first-order valence-corrected chi connectivity index (χ1v) is 5.13. The van der Waals surface area contributed by atoms with Crippen LogP contribution in [0.1, 0.15) is 33.6 Å². The minimum absolute atomic E-state index is 0.730. The van der Waals surface area contributed by atoms with Crippen molar-refractivity contribution in [3.8, 4) is 0 Å². The lowest BCUT2D eigenvalue weighted by atomic mass is 10.1. The van der Waals surface area contributed by atoms with Gasteiger partial charge in [-0.1, -0.05) is 13.8 Å². The van der Waals surface area contributed by atoms with E-state index in [-0.39, 0.29) is 0 Å². The third-order valence-corrected chi connectivity index (χ3v) is 2.48. The summed E-state index contributed by atoms with van der Waals surface area (Å²) < 4.78 is 0. The Balaban J connectivity index is 3.24. The van der Waals surface area contributed by atoms with Gasteiger partial charge in [0.15, 0.2) is 0 Å². The van der Waals surface area contributed by atoms with Crippen LogP contribution in [0.3, 0.4) is 0 Å². The van der Waals surface area contributed by atoms with Gasteiger partial charge in [0, 0.05) is 6.04 Å². The summed E-state index contributed by atoms with van der Waals surface area (Å²) in [5.74, 6) is 0. The Hall–Kier alpha value is -0.0800. The topological polar surface area (TPSA) is 15.3 Å². The van der Waals surface area contributed by atoms with Crippen molar-refractivity contribution in [1.82, 2.24) is 10.2 Å². The van der Waals surface area contributed by atoms with Gasteiger partial charge in [-0.15, -0.1) is 0 Å². The number of nitrogens with one attached hydrogen (secondary N) is 1. The third-order valence-electron chi connectivity index (χ3n) is 2.48.